The Labute approximate surface area is 180 Å². The van der Waals surface area contributed by atoms with E-state index in [4.69, 9.17) is 9.97 Å². The number of rotatable bonds is 3. The molecule has 1 aromatic carbocycles. The first kappa shape index (κ1) is 18.2. The summed E-state index contributed by atoms with van der Waals surface area (Å²) < 4.78 is 4.10. The number of aryl methyl sites for hydroxylation is 1. The van der Waals surface area contributed by atoms with Gasteiger partial charge in [0.2, 0.25) is 5.95 Å². The summed E-state index contributed by atoms with van der Waals surface area (Å²) in [6.45, 7) is 6.43. The van der Waals surface area contributed by atoms with E-state index in [1.165, 1.54) is 6.42 Å². The Balaban J connectivity index is 1.56. The third-order valence-electron chi connectivity index (χ3n) is 6.49. The first-order valence-corrected chi connectivity index (χ1v) is 10.8. The second kappa shape index (κ2) is 6.47. The molecule has 2 aliphatic rings. The molecule has 0 N–H and O–H groups in total. The highest BCUT2D eigenvalue weighted by atomic mass is 15.4. The topological polar surface area (TPSA) is 77.5 Å². The van der Waals surface area contributed by atoms with E-state index in [1.807, 2.05) is 54.2 Å². The largest absolute Gasteiger partial charge is 0.339 e. The van der Waals surface area contributed by atoms with Crippen LogP contribution in [0.15, 0.2) is 48.9 Å². The SMILES string of the molecule is Cc1nnc2n1-c1cnc(-n3ccnc3-c3ccccc3)nc1N(C(C)C)C21CCC1. The van der Waals surface area contributed by atoms with Crippen LogP contribution in [0.5, 0.6) is 0 Å². The molecule has 0 amide bonds. The Hall–Kier alpha value is -3.55. The summed E-state index contributed by atoms with van der Waals surface area (Å²) in [6.07, 6.45) is 8.90. The molecule has 8 nitrogen and oxygen atoms in total. The smallest absolute Gasteiger partial charge is 0.237 e. The van der Waals surface area contributed by atoms with E-state index in [9.17, 15) is 0 Å². The highest BCUT2D eigenvalue weighted by molar-refractivity contribution is 5.66. The Morgan fingerprint density at radius 3 is 2.55 bits per heavy atom. The zero-order valence-corrected chi connectivity index (χ0v) is 17.9. The number of hydrogen-bond donors (Lipinski definition) is 0. The summed E-state index contributed by atoms with van der Waals surface area (Å²) in [5.41, 5.74) is 1.82. The molecule has 1 aliphatic heterocycles. The number of hydrogen-bond acceptors (Lipinski definition) is 6. The van der Waals surface area contributed by atoms with Gasteiger partial charge in [-0.1, -0.05) is 30.3 Å². The predicted molar refractivity (Wildman–Crippen MR) is 117 cm³/mol. The van der Waals surface area contributed by atoms with Crippen molar-refractivity contribution in [2.75, 3.05) is 4.90 Å². The molecule has 3 aromatic heterocycles. The van der Waals surface area contributed by atoms with E-state index in [-0.39, 0.29) is 11.6 Å². The van der Waals surface area contributed by atoms with Crippen LogP contribution in [0.25, 0.3) is 23.0 Å². The van der Waals surface area contributed by atoms with Crippen LogP contribution in [-0.2, 0) is 5.54 Å². The van der Waals surface area contributed by atoms with Crippen molar-refractivity contribution in [2.45, 2.75) is 51.6 Å². The van der Waals surface area contributed by atoms with Gasteiger partial charge < -0.3 is 4.90 Å². The van der Waals surface area contributed by atoms with E-state index in [0.29, 0.717) is 5.95 Å². The van der Waals surface area contributed by atoms with Gasteiger partial charge in [-0.25, -0.2) is 9.97 Å². The molecular weight excluding hydrogens is 388 g/mol. The number of fused-ring (bicyclic) bond motifs is 4. The van der Waals surface area contributed by atoms with Crippen molar-refractivity contribution in [2.24, 2.45) is 0 Å². The van der Waals surface area contributed by atoms with E-state index in [1.54, 1.807) is 6.20 Å². The summed E-state index contributed by atoms with van der Waals surface area (Å²) in [7, 11) is 0. The van der Waals surface area contributed by atoms with Crippen LogP contribution in [0.2, 0.25) is 0 Å². The summed E-state index contributed by atoms with van der Waals surface area (Å²) in [6, 6.07) is 10.4. The Morgan fingerprint density at radius 1 is 1.03 bits per heavy atom. The number of benzene rings is 1. The fourth-order valence-electron chi connectivity index (χ4n) is 5.05. The third kappa shape index (κ3) is 2.44. The molecule has 8 heteroatoms. The second-order valence-electron chi connectivity index (χ2n) is 8.62. The molecule has 1 saturated carbocycles. The maximum absolute atomic E-state index is 5.10. The van der Waals surface area contributed by atoms with Crippen molar-refractivity contribution >= 4 is 5.82 Å². The Kier molecular flexibility index (Phi) is 3.81. The van der Waals surface area contributed by atoms with Gasteiger partial charge in [-0.3, -0.25) is 9.13 Å². The van der Waals surface area contributed by atoms with Crippen LogP contribution in [0, 0.1) is 6.92 Å². The maximum Gasteiger partial charge on any atom is 0.237 e. The zero-order chi connectivity index (χ0) is 21.2. The number of imidazole rings is 1. The molecule has 156 valence electrons. The summed E-state index contributed by atoms with van der Waals surface area (Å²) in [5.74, 6) is 4.26. The average molecular weight is 413 g/mol. The molecule has 1 spiro atoms. The van der Waals surface area contributed by atoms with Gasteiger partial charge in [-0.15, -0.1) is 10.2 Å². The second-order valence-corrected chi connectivity index (χ2v) is 8.62. The number of anilines is 1. The van der Waals surface area contributed by atoms with Gasteiger partial charge in [0.15, 0.2) is 11.6 Å². The van der Waals surface area contributed by atoms with Gasteiger partial charge in [0.05, 0.1) is 6.20 Å². The minimum Gasteiger partial charge on any atom is -0.339 e. The van der Waals surface area contributed by atoms with E-state index in [0.717, 1.165) is 47.4 Å². The van der Waals surface area contributed by atoms with Crippen LogP contribution in [0.3, 0.4) is 0 Å². The molecule has 0 unspecified atom stereocenters. The van der Waals surface area contributed by atoms with Gasteiger partial charge in [0, 0.05) is 24.0 Å². The number of aromatic nitrogens is 7. The molecule has 0 bridgehead atoms. The van der Waals surface area contributed by atoms with Gasteiger partial charge in [-0.2, -0.15) is 4.98 Å². The first-order valence-electron chi connectivity index (χ1n) is 10.8. The van der Waals surface area contributed by atoms with E-state index >= 15 is 0 Å². The number of nitrogens with zero attached hydrogens (tertiary/aromatic N) is 8. The van der Waals surface area contributed by atoms with Crippen LogP contribution in [-0.4, -0.2) is 40.3 Å². The van der Waals surface area contributed by atoms with E-state index < -0.39 is 0 Å². The fourth-order valence-corrected chi connectivity index (χ4v) is 5.05. The van der Waals surface area contributed by atoms with Crippen molar-refractivity contribution in [3.8, 4) is 23.0 Å². The third-order valence-corrected chi connectivity index (χ3v) is 6.49. The minimum absolute atomic E-state index is 0.148. The normalized spacial score (nSPS) is 16.3. The molecule has 4 heterocycles. The lowest BCUT2D eigenvalue weighted by molar-refractivity contribution is 0.194. The van der Waals surface area contributed by atoms with Crippen LogP contribution < -0.4 is 4.90 Å². The quantitative estimate of drug-likeness (QED) is 0.509. The fraction of sp³-hybridized carbons (Fsp3) is 0.348. The van der Waals surface area contributed by atoms with Gasteiger partial charge in [0.1, 0.15) is 22.9 Å². The highest BCUT2D eigenvalue weighted by Crippen LogP contribution is 2.52. The van der Waals surface area contributed by atoms with Crippen molar-refractivity contribution in [3.05, 3.63) is 60.6 Å². The molecule has 31 heavy (non-hydrogen) atoms. The molecule has 0 radical (unpaired) electrons. The van der Waals surface area contributed by atoms with Gasteiger partial charge >= 0.3 is 0 Å². The summed E-state index contributed by atoms with van der Waals surface area (Å²) in [4.78, 5) is 16.8. The van der Waals surface area contributed by atoms with Gasteiger partial charge in [0.25, 0.3) is 0 Å². The Bertz CT molecular complexity index is 1270. The highest BCUT2D eigenvalue weighted by Gasteiger charge is 2.53. The zero-order valence-electron chi connectivity index (χ0n) is 17.9. The van der Waals surface area contributed by atoms with Crippen molar-refractivity contribution in [3.63, 3.8) is 0 Å². The maximum atomic E-state index is 5.10. The standard InChI is InChI=1S/C23H24N8/c1-15(2)31-20-18(30-16(3)27-28-21(30)23(31)10-7-11-23)14-25-22(26-20)29-13-12-24-19(29)17-8-5-4-6-9-17/h4-6,8-9,12-15H,7,10-11H2,1-3H3. The lowest BCUT2D eigenvalue weighted by Gasteiger charge is -2.54. The average Bonchev–Trinajstić information content (AvgIpc) is 3.39. The molecule has 0 atom stereocenters. The van der Waals surface area contributed by atoms with Crippen LogP contribution in [0.1, 0.15) is 44.8 Å². The lowest BCUT2D eigenvalue weighted by Crippen LogP contribution is -2.58. The van der Waals surface area contributed by atoms with Crippen molar-refractivity contribution in [1.29, 1.82) is 0 Å². The summed E-state index contributed by atoms with van der Waals surface area (Å²) in [5, 5.41) is 9.00. The molecule has 4 aromatic rings. The Morgan fingerprint density at radius 2 is 1.84 bits per heavy atom. The van der Waals surface area contributed by atoms with Crippen LogP contribution in [0.4, 0.5) is 5.82 Å². The predicted octanol–water partition coefficient (Wildman–Crippen LogP) is 3.83. The molecule has 1 fully saturated rings. The molecular formula is C23H24N8. The first-order chi connectivity index (χ1) is 15.1. The van der Waals surface area contributed by atoms with E-state index in [2.05, 4.69) is 38.5 Å². The van der Waals surface area contributed by atoms with Crippen LogP contribution >= 0.6 is 0 Å². The van der Waals surface area contributed by atoms with Gasteiger partial charge in [-0.05, 0) is 40.0 Å². The lowest BCUT2D eigenvalue weighted by atomic mass is 9.72. The molecule has 1 aliphatic carbocycles. The monoisotopic (exact) mass is 412 g/mol. The van der Waals surface area contributed by atoms with Crippen molar-refractivity contribution < 1.29 is 0 Å². The molecule has 0 saturated heterocycles. The molecule has 6 rings (SSSR count). The minimum atomic E-state index is -0.148. The summed E-state index contributed by atoms with van der Waals surface area (Å²) >= 11 is 0. The van der Waals surface area contributed by atoms with Crippen molar-refractivity contribution in [1.82, 2.24) is 34.3 Å².